The molecular weight excluding hydrogens is 538 g/mol. The second kappa shape index (κ2) is 10.6. The molecule has 5 rings (SSSR count). The van der Waals surface area contributed by atoms with Crippen molar-refractivity contribution in [3.05, 3.63) is 77.6 Å². The van der Waals surface area contributed by atoms with Gasteiger partial charge in [-0.1, -0.05) is 30.3 Å². The van der Waals surface area contributed by atoms with Crippen LogP contribution in [-0.2, 0) is 17.1 Å². The van der Waals surface area contributed by atoms with Gasteiger partial charge in [0.05, 0.1) is 24.4 Å². The minimum atomic E-state index is -4.02. The van der Waals surface area contributed by atoms with E-state index in [-0.39, 0.29) is 23.3 Å². The average molecular weight is 569 g/mol. The third-order valence-electron chi connectivity index (χ3n) is 6.95. The predicted molar refractivity (Wildman–Crippen MR) is 147 cm³/mol. The molecule has 2 aromatic heterocycles. The molecule has 9 nitrogen and oxygen atoms in total. The maximum atomic E-state index is 14.7. The maximum absolute atomic E-state index is 14.7. The number of anilines is 1. The lowest BCUT2D eigenvalue weighted by Gasteiger charge is -2.36. The summed E-state index contributed by atoms with van der Waals surface area (Å²) >= 11 is 0. The summed E-state index contributed by atoms with van der Waals surface area (Å²) in [6.07, 6.45) is 2.95. The van der Waals surface area contributed by atoms with Gasteiger partial charge in [-0.15, -0.1) is 0 Å². The molecule has 1 aliphatic heterocycles. The fraction of sp³-hybridized carbons (Fsp3) is 0.321. The molecule has 0 radical (unpaired) electrons. The number of hydrogen-bond acceptors (Lipinski definition) is 7. The number of ether oxygens (including phenoxy) is 1. The maximum Gasteiger partial charge on any atom is 0.267 e. The van der Waals surface area contributed by atoms with Crippen molar-refractivity contribution < 1.29 is 21.9 Å². The molecule has 0 bridgehead atoms. The summed E-state index contributed by atoms with van der Waals surface area (Å²) in [4.78, 5) is 10.4. The number of likely N-dealkylation sites (tertiary alicyclic amines) is 1. The second-order valence-corrected chi connectivity index (χ2v) is 11.8. The second-order valence-electron chi connectivity index (χ2n) is 10.1. The highest BCUT2D eigenvalue weighted by atomic mass is 32.2. The van der Waals surface area contributed by atoms with Crippen molar-refractivity contribution in [3.63, 3.8) is 0 Å². The smallest absolute Gasteiger partial charge is 0.267 e. The molecule has 1 fully saturated rings. The molecule has 0 amide bonds. The highest BCUT2D eigenvalue weighted by molar-refractivity contribution is 7.92. The van der Waals surface area contributed by atoms with E-state index >= 15 is 0 Å². The summed E-state index contributed by atoms with van der Waals surface area (Å²) in [5.41, 5.74) is 3.70. The Labute approximate surface area is 231 Å². The third kappa shape index (κ3) is 5.82. The number of alkyl halides is 2. The lowest BCUT2D eigenvalue weighted by atomic mass is 9.86. The Bertz CT molecular complexity index is 1620. The van der Waals surface area contributed by atoms with E-state index in [4.69, 9.17) is 4.74 Å². The molecule has 1 N–H and O–H groups in total. The van der Waals surface area contributed by atoms with Crippen molar-refractivity contribution in [1.82, 2.24) is 24.6 Å². The molecule has 1 saturated heterocycles. The van der Waals surface area contributed by atoms with E-state index in [1.54, 1.807) is 49.3 Å². The van der Waals surface area contributed by atoms with Gasteiger partial charge in [0.1, 0.15) is 10.6 Å². The molecule has 0 saturated carbocycles. The van der Waals surface area contributed by atoms with Crippen molar-refractivity contribution in [2.24, 2.45) is 7.05 Å². The Hall–Kier alpha value is -3.90. The Morgan fingerprint density at radius 2 is 1.75 bits per heavy atom. The number of piperidine rings is 1. The van der Waals surface area contributed by atoms with Gasteiger partial charge in [0, 0.05) is 24.9 Å². The van der Waals surface area contributed by atoms with Crippen molar-refractivity contribution in [2.75, 3.05) is 24.9 Å². The molecule has 0 aliphatic carbocycles. The van der Waals surface area contributed by atoms with Crippen LogP contribution in [-0.4, -0.2) is 59.1 Å². The lowest BCUT2D eigenvalue weighted by molar-refractivity contribution is -0.0765. The monoisotopic (exact) mass is 568 g/mol. The summed E-state index contributed by atoms with van der Waals surface area (Å²) in [7, 11) is -0.714. The van der Waals surface area contributed by atoms with Crippen LogP contribution in [0.2, 0.25) is 0 Å². The van der Waals surface area contributed by atoms with E-state index in [1.165, 1.54) is 17.1 Å². The molecule has 1 unspecified atom stereocenters. The van der Waals surface area contributed by atoms with Crippen molar-refractivity contribution in [3.8, 4) is 22.9 Å². The number of nitrogens with zero attached hydrogens (tertiary/aromatic N) is 5. The van der Waals surface area contributed by atoms with Crippen LogP contribution in [0.15, 0.2) is 65.8 Å². The van der Waals surface area contributed by atoms with Crippen LogP contribution in [0.5, 0.6) is 11.6 Å². The summed E-state index contributed by atoms with van der Waals surface area (Å²) < 4.78 is 65.1. The number of sulfonamides is 1. The van der Waals surface area contributed by atoms with E-state index in [0.29, 0.717) is 30.0 Å². The fourth-order valence-corrected chi connectivity index (χ4v) is 5.92. The topological polar surface area (TPSA) is 102 Å². The Kier molecular flexibility index (Phi) is 7.32. The Morgan fingerprint density at radius 3 is 2.38 bits per heavy atom. The normalized spacial score (nSPS) is 17.5. The van der Waals surface area contributed by atoms with E-state index in [0.717, 1.165) is 16.7 Å². The van der Waals surface area contributed by atoms with Crippen LogP contribution in [0.25, 0.3) is 11.3 Å². The first-order chi connectivity index (χ1) is 18.9. The van der Waals surface area contributed by atoms with Gasteiger partial charge in [-0.25, -0.2) is 26.9 Å². The molecule has 3 heterocycles. The lowest BCUT2D eigenvalue weighted by Crippen LogP contribution is -2.45. The summed E-state index contributed by atoms with van der Waals surface area (Å²) in [6.45, 7) is 4.18. The third-order valence-corrected chi connectivity index (χ3v) is 8.23. The van der Waals surface area contributed by atoms with Crippen LogP contribution in [0.4, 0.5) is 14.7 Å². The molecular formula is C28H30F2N6O3S. The summed E-state index contributed by atoms with van der Waals surface area (Å²) in [5, 5.41) is 3.92. The largest absolute Gasteiger partial charge is 0.439 e. The minimum absolute atomic E-state index is 0.0418. The number of rotatable bonds is 7. The van der Waals surface area contributed by atoms with Gasteiger partial charge in [0.25, 0.3) is 15.9 Å². The highest BCUT2D eigenvalue weighted by Gasteiger charge is 2.44. The predicted octanol–water partition coefficient (Wildman–Crippen LogP) is 5.14. The first-order valence-electron chi connectivity index (χ1n) is 12.7. The molecule has 12 heteroatoms. The van der Waals surface area contributed by atoms with E-state index < -0.39 is 21.9 Å². The van der Waals surface area contributed by atoms with Crippen LogP contribution in [0, 0.1) is 13.8 Å². The number of benzene rings is 2. The minimum Gasteiger partial charge on any atom is -0.439 e. The van der Waals surface area contributed by atoms with Crippen molar-refractivity contribution >= 4 is 16.0 Å². The van der Waals surface area contributed by atoms with Crippen LogP contribution >= 0.6 is 0 Å². The van der Waals surface area contributed by atoms with Gasteiger partial charge < -0.3 is 9.64 Å². The number of halogens is 2. The van der Waals surface area contributed by atoms with Gasteiger partial charge in [0.15, 0.2) is 0 Å². The molecule has 1 atom stereocenters. The number of hydrogen-bond donors (Lipinski definition) is 1. The zero-order chi connectivity index (χ0) is 28.7. The van der Waals surface area contributed by atoms with Crippen molar-refractivity contribution in [2.45, 2.75) is 37.0 Å². The average Bonchev–Trinajstić information content (AvgIpc) is 3.31. The Balaban J connectivity index is 1.48. The first kappa shape index (κ1) is 27.7. The van der Waals surface area contributed by atoms with Crippen molar-refractivity contribution in [1.29, 1.82) is 0 Å². The molecule has 210 valence electrons. The van der Waals surface area contributed by atoms with Crippen LogP contribution in [0.3, 0.4) is 0 Å². The van der Waals surface area contributed by atoms with Gasteiger partial charge in [-0.05, 0) is 62.7 Å². The molecule has 4 aromatic rings. The van der Waals surface area contributed by atoms with Crippen LogP contribution < -0.4 is 9.46 Å². The summed E-state index contributed by atoms with van der Waals surface area (Å²) in [6, 6.07) is 13.9. The van der Waals surface area contributed by atoms with E-state index in [9.17, 15) is 17.2 Å². The number of aryl methyl sites for hydroxylation is 3. The summed E-state index contributed by atoms with van der Waals surface area (Å²) in [5.74, 6) is -3.42. The van der Waals surface area contributed by atoms with Crippen LogP contribution in [0.1, 0.15) is 29.0 Å². The fourth-order valence-electron chi connectivity index (χ4n) is 5.00. The molecule has 0 spiro atoms. The Morgan fingerprint density at radius 1 is 1.05 bits per heavy atom. The molecule has 2 aromatic carbocycles. The quantitative estimate of drug-likeness (QED) is 0.329. The molecule has 40 heavy (non-hydrogen) atoms. The first-order valence-corrected chi connectivity index (χ1v) is 14.2. The SMILES string of the molecule is Cc1cccc(C)c1-c1cc(Oc2ccc(C3CCN(C)CC3(F)F)cc2)nc(NS(=O)(=O)c2cnn(C)c2)n1. The number of nitrogens with one attached hydrogen (secondary N) is 1. The highest BCUT2D eigenvalue weighted by Crippen LogP contribution is 2.40. The zero-order valence-electron chi connectivity index (χ0n) is 22.6. The zero-order valence-corrected chi connectivity index (χ0v) is 23.4. The van der Waals surface area contributed by atoms with Gasteiger partial charge in [-0.3, -0.25) is 4.68 Å². The van der Waals surface area contributed by atoms with Gasteiger partial charge >= 0.3 is 0 Å². The van der Waals surface area contributed by atoms with Gasteiger partial charge in [-0.2, -0.15) is 10.1 Å². The standard InChI is InChI=1S/C28H30F2N6O3S/c1-18-6-5-7-19(2)26(18)24-14-25(33-27(32-24)34-40(37,38)22-15-31-36(4)16-22)39-21-10-8-20(9-11-21)23-12-13-35(3)17-28(23,29)30/h5-11,14-16,23H,12-13,17H2,1-4H3,(H,32,33,34). The van der Waals surface area contributed by atoms with Gasteiger partial charge in [0.2, 0.25) is 11.8 Å². The van der Waals surface area contributed by atoms with E-state index in [1.807, 2.05) is 32.0 Å². The molecule has 1 aliphatic rings. The number of aromatic nitrogens is 4. The van der Waals surface area contributed by atoms with E-state index in [2.05, 4.69) is 19.8 Å².